The fourth-order valence-corrected chi connectivity index (χ4v) is 4.41. The molecule has 0 saturated carbocycles. The van der Waals surface area contributed by atoms with Crippen molar-refractivity contribution in [1.82, 2.24) is 14.9 Å². The van der Waals surface area contributed by atoms with Crippen LogP contribution in [0.2, 0.25) is 0 Å². The van der Waals surface area contributed by atoms with Gasteiger partial charge in [-0.3, -0.25) is 4.90 Å². The van der Waals surface area contributed by atoms with Crippen molar-refractivity contribution in [2.24, 2.45) is 0 Å². The Balaban J connectivity index is 1.86. The molecule has 2 N–H and O–H groups in total. The lowest BCUT2D eigenvalue weighted by molar-refractivity contribution is 0.308. The lowest BCUT2D eigenvalue weighted by Gasteiger charge is -2.23. The second-order valence-corrected chi connectivity index (χ2v) is 7.95. The van der Waals surface area contributed by atoms with E-state index in [0.29, 0.717) is 12.6 Å². The molecule has 5 nitrogen and oxygen atoms in total. The van der Waals surface area contributed by atoms with Crippen LogP contribution >= 0.6 is 0 Å². The summed E-state index contributed by atoms with van der Waals surface area (Å²) in [5.74, 6) is 0. The molecule has 0 bridgehead atoms. The predicted octanol–water partition coefficient (Wildman–Crippen LogP) is 0.531. The fourth-order valence-electron chi connectivity index (χ4n) is 3.14. The van der Waals surface area contributed by atoms with E-state index >= 15 is 0 Å². The minimum absolute atomic E-state index is 0.126. The van der Waals surface area contributed by atoms with E-state index in [4.69, 9.17) is 0 Å². The molecule has 112 valence electrons. The number of nitrogens with zero attached hydrogens (tertiary/aromatic N) is 1. The molecule has 2 rings (SSSR count). The van der Waals surface area contributed by atoms with Crippen molar-refractivity contribution < 1.29 is 8.42 Å². The van der Waals surface area contributed by atoms with E-state index < -0.39 is 10.0 Å². The molecule has 2 aliphatic rings. The number of fused-ring (bicyclic) bond motifs is 1. The van der Waals surface area contributed by atoms with Crippen LogP contribution in [0.1, 0.15) is 39.5 Å². The minimum atomic E-state index is -3.20. The number of nitrogens with one attached hydrogen (secondary N) is 2. The van der Waals surface area contributed by atoms with Crippen molar-refractivity contribution in [3.05, 3.63) is 0 Å². The highest BCUT2D eigenvalue weighted by atomic mass is 32.2. The van der Waals surface area contributed by atoms with Crippen LogP contribution in [0.3, 0.4) is 0 Å². The van der Waals surface area contributed by atoms with Gasteiger partial charge in [-0.15, -0.1) is 0 Å². The summed E-state index contributed by atoms with van der Waals surface area (Å²) in [7, 11) is -3.20. The number of sulfonamides is 1. The zero-order valence-electron chi connectivity index (χ0n) is 12.1. The number of rotatable bonds is 7. The summed E-state index contributed by atoms with van der Waals surface area (Å²) in [5, 5.41) is 2.82. The average molecular weight is 289 g/mol. The molecule has 2 fully saturated rings. The Morgan fingerprint density at radius 2 is 2.11 bits per heavy atom. The largest absolute Gasteiger partial charge is 0.315 e. The summed E-state index contributed by atoms with van der Waals surface area (Å²) < 4.78 is 27.5. The van der Waals surface area contributed by atoms with Gasteiger partial charge in [0.1, 0.15) is 0 Å². The average Bonchev–Trinajstić information content (AvgIpc) is 2.94. The van der Waals surface area contributed by atoms with Crippen molar-refractivity contribution in [2.45, 2.75) is 56.9 Å². The first-order chi connectivity index (χ1) is 9.04. The van der Waals surface area contributed by atoms with Gasteiger partial charge >= 0.3 is 0 Å². The van der Waals surface area contributed by atoms with Crippen LogP contribution < -0.4 is 10.0 Å². The third kappa shape index (κ3) is 3.68. The Bertz CT molecular complexity index is 385. The molecule has 0 radical (unpaired) electrons. The summed E-state index contributed by atoms with van der Waals surface area (Å²) in [6.07, 6.45) is 4.32. The lowest BCUT2D eigenvalue weighted by Crippen LogP contribution is -2.47. The maximum atomic E-state index is 12.3. The maximum absolute atomic E-state index is 12.3. The maximum Gasteiger partial charge on any atom is 0.215 e. The highest BCUT2D eigenvalue weighted by Crippen LogP contribution is 2.28. The van der Waals surface area contributed by atoms with Gasteiger partial charge in [-0.25, -0.2) is 13.1 Å². The van der Waals surface area contributed by atoms with Crippen LogP contribution in [-0.2, 0) is 10.0 Å². The van der Waals surface area contributed by atoms with Gasteiger partial charge in [0.05, 0.1) is 5.25 Å². The molecular weight excluding hydrogens is 262 g/mol. The fraction of sp³-hybridized carbons (Fsp3) is 1.00. The van der Waals surface area contributed by atoms with E-state index in [2.05, 4.69) is 21.9 Å². The molecule has 0 amide bonds. The zero-order valence-corrected chi connectivity index (χ0v) is 12.9. The number of hydrogen-bond acceptors (Lipinski definition) is 4. The van der Waals surface area contributed by atoms with E-state index in [9.17, 15) is 8.42 Å². The quantitative estimate of drug-likeness (QED) is 0.671. The summed E-state index contributed by atoms with van der Waals surface area (Å²) in [6.45, 7) is 7.45. The van der Waals surface area contributed by atoms with Gasteiger partial charge in [0.2, 0.25) is 10.0 Å². The second-order valence-electron chi connectivity index (χ2n) is 5.82. The van der Waals surface area contributed by atoms with Crippen LogP contribution in [0.4, 0.5) is 0 Å². The summed E-state index contributed by atoms with van der Waals surface area (Å²) >= 11 is 0. The third-order valence-corrected chi connectivity index (χ3v) is 6.17. The molecule has 0 spiro atoms. The minimum Gasteiger partial charge on any atom is -0.315 e. The molecule has 6 heteroatoms. The molecular formula is C13H27N3O2S. The molecule has 2 aliphatic heterocycles. The van der Waals surface area contributed by atoms with Crippen LogP contribution in [0.5, 0.6) is 0 Å². The van der Waals surface area contributed by atoms with Gasteiger partial charge < -0.3 is 5.32 Å². The van der Waals surface area contributed by atoms with Crippen LogP contribution in [-0.4, -0.2) is 56.8 Å². The van der Waals surface area contributed by atoms with E-state index in [0.717, 1.165) is 38.9 Å². The standard InChI is InChI=1S/C13H27N3O2S/c1-3-7-14-10-11(2)19(17,18)15-12-6-9-16-8-4-5-13(12)16/h11-15H,3-10H2,1-2H3. The van der Waals surface area contributed by atoms with Crippen molar-refractivity contribution in [2.75, 3.05) is 26.2 Å². The molecule has 3 atom stereocenters. The first-order valence-corrected chi connectivity index (χ1v) is 9.05. The summed E-state index contributed by atoms with van der Waals surface area (Å²) in [5.41, 5.74) is 0. The molecule has 19 heavy (non-hydrogen) atoms. The van der Waals surface area contributed by atoms with Gasteiger partial charge in [0.25, 0.3) is 0 Å². The van der Waals surface area contributed by atoms with E-state index in [1.165, 1.54) is 6.42 Å². The van der Waals surface area contributed by atoms with Gasteiger partial charge in [-0.2, -0.15) is 0 Å². The van der Waals surface area contributed by atoms with Gasteiger partial charge in [-0.05, 0) is 45.7 Å². The number of hydrogen-bond donors (Lipinski definition) is 2. The Hall–Kier alpha value is -0.170. The third-order valence-electron chi connectivity index (χ3n) is 4.31. The molecule has 2 heterocycles. The van der Waals surface area contributed by atoms with E-state index in [1.54, 1.807) is 6.92 Å². The zero-order chi connectivity index (χ0) is 13.9. The molecule has 3 unspecified atom stereocenters. The van der Waals surface area contributed by atoms with Gasteiger partial charge in [0.15, 0.2) is 0 Å². The smallest absolute Gasteiger partial charge is 0.215 e. The molecule has 0 aromatic rings. The lowest BCUT2D eigenvalue weighted by atomic mass is 10.1. The van der Waals surface area contributed by atoms with Crippen LogP contribution in [0.25, 0.3) is 0 Å². The monoisotopic (exact) mass is 289 g/mol. The Morgan fingerprint density at radius 3 is 2.84 bits per heavy atom. The topological polar surface area (TPSA) is 61.4 Å². The van der Waals surface area contributed by atoms with Gasteiger partial charge in [-0.1, -0.05) is 6.92 Å². The van der Waals surface area contributed by atoms with Crippen molar-refractivity contribution in [1.29, 1.82) is 0 Å². The molecule has 0 aliphatic carbocycles. The summed E-state index contributed by atoms with van der Waals surface area (Å²) in [4.78, 5) is 2.42. The first-order valence-electron chi connectivity index (χ1n) is 7.50. The van der Waals surface area contributed by atoms with Crippen LogP contribution in [0.15, 0.2) is 0 Å². The van der Waals surface area contributed by atoms with Crippen molar-refractivity contribution in [3.63, 3.8) is 0 Å². The van der Waals surface area contributed by atoms with E-state index in [-0.39, 0.29) is 11.3 Å². The summed E-state index contributed by atoms with van der Waals surface area (Å²) in [6, 6.07) is 0.562. The Morgan fingerprint density at radius 1 is 1.32 bits per heavy atom. The SMILES string of the molecule is CCCNCC(C)S(=O)(=O)NC1CCN2CCCC12. The highest BCUT2D eigenvalue weighted by Gasteiger charge is 2.39. The van der Waals surface area contributed by atoms with Crippen molar-refractivity contribution in [3.8, 4) is 0 Å². The van der Waals surface area contributed by atoms with Crippen LogP contribution in [0, 0.1) is 0 Å². The van der Waals surface area contributed by atoms with Crippen molar-refractivity contribution >= 4 is 10.0 Å². The Labute approximate surface area is 117 Å². The molecule has 2 saturated heterocycles. The first kappa shape index (κ1) is 15.2. The molecule has 0 aromatic carbocycles. The van der Waals surface area contributed by atoms with E-state index in [1.807, 2.05) is 0 Å². The second kappa shape index (κ2) is 6.52. The highest BCUT2D eigenvalue weighted by molar-refractivity contribution is 7.90. The van der Waals surface area contributed by atoms with Gasteiger partial charge in [0, 0.05) is 25.2 Å². The normalized spacial score (nSPS) is 29.6. The predicted molar refractivity (Wildman–Crippen MR) is 77.7 cm³/mol. The Kier molecular flexibility index (Phi) is 5.22. The molecule has 0 aromatic heterocycles.